The molecule has 0 radical (unpaired) electrons. The number of hydrogen-bond acceptors (Lipinski definition) is 5. The lowest BCUT2D eigenvalue weighted by Crippen LogP contribution is -2.11. The van der Waals surface area contributed by atoms with Crippen LogP contribution in [-0.4, -0.2) is 42.4 Å². The molecular formula is C16H14N6O2. The van der Waals surface area contributed by atoms with Gasteiger partial charge in [-0.05, 0) is 12.1 Å². The van der Waals surface area contributed by atoms with Gasteiger partial charge in [0, 0.05) is 18.1 Å². The third kappa shape index (κ3) is 2.54. The molecule has 3 aromatic heterocycles. The van der Waals surface area contributed by atoms with Crippen LogP contribution in [0.2, 0.25) is 0 Å². The van der Waals surface area contributed by atoms with Gasteiger partial charge >= 0.3 is 5.97 Å². The van der Waals surface area contributed by atoms with Crippen molar-refractivity contribution >= 4 is 33.7 Å². The first-order valence-electron chi connectivity index (χ1n) is 7.44. The highest BCUT2D eigenvalue weighted by atomic mass is 16.4. The molecule has 0 saturated carbocycles. The van der Waals surface area contributed by atoms with Gasteiger partial charge in [0.05, 0.1) is 17.4 Å². The normalized spacial score (nSPS) is 11.2. The van der Waals surface area contributed by atoms with Crippen molar-refractivity contribution in [2.45, 2.75) is 6.54 Å². The van der Waals surface area contributed by atoms with Gasteiger partial charge in [0.1, 0.15) is 23.5 Å². The molecule has 0 aliphatic carbocycles. The van der Waals surface area contributed by atoms with Crippen molar-refractivity contribution in [3.63, 3.8) is 0 Å². The molecule has 24 heavy (non-hydrogen) atoms. The molecule has 0 aliphatic heterocycles. The van der Waals surface area contributed by atoms with Gasteiger partial charge in [-0.15, -0.1) is 0 Å². The van der Waals surface area contributed by atoms with Crippen LogP contribution in [0.3, 0.4) is 0 Å². The lowest BCUT2D eigenvalue weighted by molar-refractivity contribution is 0.0691. The predicted octanol–water partition coefficient (Wildman–Crippen LogP) is 2.12. The Morgan fingerprint density at radius 3 is 3.00 bits per heavy atom. The zero-order valence-corrected chi connectivity index (χ0v) is 12.6. The Labute approximate surface area is 136 Å². The molecule has 8 nitrogen and oxygen atoms in total. The standard InChI is InChI=1S/C16H14N6O2/c23-16(24)13-7-11-14(18-9-19-15(11)20-13)17-5-6-22-8-10-3-1-2-4-12(10)21-22/h1-4,7-9H,5-6H2,(H,23,24)(H2,17,18,19,20). The largest absolute Gasteiger partial charge is 0.477 e. The minimum absolute atomic E-state index is 0.0897. The maximum atomic E-state index is 11.1. The summed E-state index contributed by atoms with van der Waals surface area (Å²) >= 11 is 0. The van der Waals surface area contributed by atoms with E-state index in [0.29, 0.717) is 29.9 Å². The number of carboxylic acid groups (broad SMARTS) is 1. The number of aromatic amines is 1. The number of aromatic carboxylic acids is 1. The van der Waals surface area contributed by atoms with E-state index in [0.717, 1.165) is 10.9 Å². The molecule has 0 bridgehead atoms. The Bertz CT molecular complexity index is 1000. The molecule has 0 amide bonds. The molecule has 0 saturated heterocycles. The van der Waals surface area contributed by atoms with Gasteiger partial charge in [0.15, 0.2) is 0 Å². The van der Waals surface area contributed by atoms with Crippen molar-refractivity contribution in [1.29, 1.82) is 0 Å². The summed E-state index contributed by atoms with van der Waals surface area (Å²) in [5, 5.41) is 18.5. The smallest absolute Gasteiger partial charge is 0.352 e. The molecule has 0 unspecified atom stereocenters. The summed E-state index contributed by atoms with van der Waals surface area (Å²) in [6.07, 6.45) is 3.39. The van der Waals surface area contributed by atoms with Crippen molar-refractivity contribution in [2.75, 3.05) is 11.9 Å². The van der Waals surface area contributed by atoms with Gasteiger partial charge in [0.25, 0.3) is 0 Å². The first kappa shape index (κ1) is 14.2. The van der Waals surface area contributed by atoms with Gasteiger partial charge < -0.3 is 15.4 Å². The Kier molecular flexibility index (Phi) is 3.34. The average molecular weight is 322 g/mol. The van der Waals surface area contributed by atoms with Crippen LogP contribution in [0.1, 0.15) is 10.5 Å². The number of hydrogen-bond donors (Lipinski definition) is 3. The van der Waals surface area contributed by atoms with Crippen molar-refractivity contribution in [3.8, 4) is 0 Å². The number of rotatable bonds is 5. The van der Waals surface area contributed by atoms with Gasteiger partial charge in [-0.25, -0.2) is 14.8 Å². The topological polar surface area (TPSA) is 109 Å². The fourth-order valence-electron chi connectivity index (χ4n) is 2.61. The summed E-state index contributed by atoms with van der Waals surface area (Å²) in [6, 6.07) is 9.47. The fourth-order valence-corrected chi connectivity index (χ4v) is 2.61. The highest BCUT2D eigenvalue weighted by Crippen LogP contribution is 2.20. The summed E-state index contributed by atoms with van der Waals surface area (Å²) in [4.78, 5) is 22.0. The Morgan fingerprint density at radius 2 is 2.17 bits per heavy atom. The summed E-state index contributed by atoms with van der Waals surface area (Å²) in [5.41, 5.74) is 1.54. The number of fused-ring (bicyclic) bond motifs is 2. The number of aromatic nitrogens is 5. The highest BCUT2D eigenvalue weighted by molar-refractivity contribution is 5.96. The quantitative estimate of drug-likeness (QED) is 0.519. The molecule has 0 atom stereocenters. The minimum atomic E-state index is -1.03. The van der Waals surface area contributed by atoms with Gasteiger partial charge in [0.2, 0.25) is 0 Å². The van der Waals surface area contributed by atoms with E-state index < -0.39 is 5.97 Å². The molecule has 4 rings (SSSR count). The highest BCUT2D eigenvalue weighted by Gasteiger charge is 2.11. The number of carboxylic acids is 1. The van der Waals surface area contributed by atoms with Crippen LogP contribution < -0.4 is 5.32 Å². The van der Waals surface area contributed by atoms with E-state index >= 15 is 0 Å². The predicted molar refractivity (Wildman–Crippen MR) is 89.1 cm³/mol. The summed E-state index contributed by atoms with van der Waals surface area (Å²) in [5.74, 6) is -0.428. The zero-order chi connectivity index (χ0) is 16.5. The lowest BCUT2D eigenvalue weighted by Gasteiger charge is -2.06. The van der Waals surface area contributed by atoms with E-state index in [1.54, 1.807) is 0 Å². The van der Waals surface area contributed by atoms with Crippen molar-refractivity contribution < 1.29 is 9.90 Å². The van der Waals surface area contributed by atoms with E-state index in [1.165, 1.54) is 12.4 Å². The summed E-state index contributed by atoms with van der Waals surface area (Å²) in [6.45, 7) is 1.27. The first-order valence-corrected chi connectivity index (χ1v) is 7.44. The SMILES string of the molecule is O=C(O)c1cc2c(NCCn3cc4ccccc4n3)ncnc2[nH]1. The van der Waals surface area contributed by atoms with E-state index in [-0.39, 0.29) is 5.69 Å². The van der Waals surface area contributed by atoms with Crippen LogP contribution in [0, 0.1) is 0 Å². The molecule has 3 heterocycles. The number of nitrogens with one attached hydrogen (secondary N) is 2. The number of benzene rings is 1. The second-order valence-corrected chi connectivity index (χ2v) is 5.35. The minimum Gasteiger partial charge on any atom is -0.477 e. The Morgan fingerprint density at radius 1 is 1.29 bits per heavy atom. The van der Waals surface area contributed by atoms with E-state index in [2.05, 4.69) is 25.4 Å². The van der Waals surface area contributed by atoms with E-state index in [9.17, 15) is 4.79 Å². The molecule has 1 aromatic carbocycles. The molecular weight excluding hydrogens is 308 g/mol. The number of anilines is 1. The maximum absolute atomic E-state index is 11.1. The Balaban J connectivity index is 1.51. The lowest BCUT2D eigenvalue weighted by atomic mass is 10.3. The summed E-state index contributed by atoms with van der Waals surface area (Å²) in [7, 11) is 0. The van der Waals surface area contributed by atoms with E-state index in [1.807, 2.05) is 35.1 Å². The van der Waals surface area contributed by atoms with Crippen LogP contribution in [-0.2, 0) is 6.54 Å². The maximum Gasteiger partial charge on any atom is 0.352 e. The van der Waals surface area contributed by atoms with Crippen LogP contribution in [0.5, 0.6) is 0 Å². The van der Waals surface area contributed by atoms with Gasteiger partial charge in [-0.1, -0.05) is 18.2 Å². The number of H-pyrrole nitrogens is 1. The summed E-state index contributed by atoms with van der Waals surface area (Å²) < 4.78 is 1.87. The third-order valence-electron chi connectivity index (χ3n) is 3.75. The van der Waals surface area contributed by atoms with Crippen molar-refractivity contribution in [2.24, 2.45) is 0 Å². The van der Waals surface area contributed by atoms with Gasteiger partial charge in [-0.2, -0.15) is 5.10 Å². The van der Waals surface area contributed by atoms with Crippen molar-refractivity contribution in [3.05, 3.63) is 48.5 Å². The molecule has 0 spiro atoms. The van der Waals surface area contributed by atoms with Crippen LogP contribution >= 0.6 is 0 Å². The van der Waals surface area contributed by atoms with E-state index in [4.69, 9.17) is 5.11 Å². The fraction of sp³-hybridized carbons (Fsp3) is 0.125. The van der Waals surface area contributed by atoms with Crippen molar-refractivity contribution in [1.82, 2.24) is 24.7 Å². The van der Waals surface area contributed by atoms with Crippen LogP contribution in [0.4, 0.5) is 5.82 Å². The zero-order valence-electron chi connectivity index (χ0n) is 12.6. The average Bonchev–Trinajstić information content (AvgIpc) is 3.18. The first-order chi connectivity index (χ1) is 11.7. The molecule has 120 valence electrons. The van der Waals surface area contributed by atoms with Crippen LogP contribution in [0.25, 0.3) is 21.9 Å². The Hall–Kier alpha value is -3.42. The molecule has 0 fully saturated rings. The second kappa shape index (κ2) is 5.65. The van der Waals surface area contributed by atoms with Crippen LogP contribution in [0.15, 0.2) is 42.9 Å². The monoisotopic (exact) mass is 322 g/mol. The molecule has 0 aliphatic rings. The molecule has 8 heteroatoms. The molecule has 3 N–H and O–H groups in total. The number of nitrogens with zero attached hydrogens (tertiary/aromatic N) is 4. The third-order valence-corrected chi connectivity index (χ3v) is 3.75. The number of carbonyl (C=O) groups is 1. The van der Waals surface area contributed by atoms with Gasteiger partial charge in [-0.3, -0.25) is 4.68 Å². The molecule has 4 aromatic rings. The second-order valence-electron chi connectivity index (χ2n) is 5.35.